The maximum atomic E-state index is 9.13. The van der Waals surface area contributed by atoms with E-state index in [1.165, 1.54) is 0 Å². The molecule has 3 nitrogen and oxygen atoms in total. The minimum atomic E-state index is -0.465. The smallest absolute Gasteiger partial charge is 0.0888 e. The Morgan fingerprint density at radius 3 is 2.21 bits per heavy atom. The Morgan fingerprint density at radius 2 is 1.68 bits per heavy atom. The molecule has 0 amide bonds. The Labute approximate surface area is 114 Å². The SMILES string of the molecule is Cc1ncc(-c2ccc(C(C)(C)C#N)cc2)nc1C. The van der Waals surface area contributed by atoms with E-state index in [1.54, 1.807) is 6.20 Å². The molecule has 0 N–H and O–H groups in total. The van der Waals surface area contributed by atoms with Gasteiger partial charge in [-0.1, -0.05) is 24.3 Å². The highest BCUT2D eigenvalue weighted by Crippen LogP contribution is 2.25. The second kappa shape index (κ2) is 4.81. The van der Waals surface area contributed by atoms with Gasteiger partial charge in [-0.25, -0.2) is 4.98 Å². The van der Waals surface area contributed by atoms with E-state index in [9.17, 15) is 0 Å². The summed E-state index contributed by atoms with van der Waals surface area (Å²) in [5.74, 6) is 0. The lowest BCUT2D eigenvalue weighted by atomic mass is 9.86. The van der Waals surface area contributed by atoms with Crippen molar-refractivity contribution in [2.75, 3.05) is 0 Å². The van der Waals surface area contributed by atoms with Crippen LogP contribution in [0.15, 0.2) is 30.5 Å². The summed E-state index contributed by atoms with van der Waals surface area (Å²) >= 11 is 0. The van der Waals surface area contributed by atoms with Crippen LogP contribution in [0.1, 0.15) is 30.8 Å². The number of hydrogen-bond acceptors (Lipinski definition) is 3. The Kier molecular flexibility index (Phi) is 3.35. The van der Waals surface area contributed by atoms with Crippen LogP contribution >= 0.6 is 0 Å². The van der Waals surface area contributed by atoms with Crippen molar-refractivity contribution in [3.8, 4) is 17.3 Å². The molecule has 96 valence electrons. The highest BCUT2D eigenvalue weighted by molar-refractivity contribution is 5.59. The van der Waals surface area contributed by atoms with Crippen LogP contribution in [-0.4, -0.2) is 9.97 Å². The average Bonchev–Trinajstić information content (AvgIpc) is 2.42. The van der Waals surface area contributed by atoms with Crippen LogP contribution < -0.4 is 0 Å². The molecule has 0 unspecified atom stereocenters. The molecule has 0 atom stereocenters. The van der Waals surface area contributed by atoms with E-state index in [-0.39, 0.29) is 0 Å². The lowest BCUT2D eigenvalue weighted by molar-refractivity contribution is 0.687. The highest BCUT2D eigenvalue weighted by Gasteiger charge is 2.19. The minimum absolute atomic E-state index is 0.465. The third kappa shape index (κ3) is 2.63. The summed E-state index contributed by atoms with van der Waals surface area (Å²) in [5, 5.41) is 9.13. The molecule has 0 saturated heterocycles. The molecule has 0 radical (unpaired) electrons. The van der Waals surface area contributed by atoms with Crippen LogP contribution in [0.2, 0.25) is 0 Å². The van der Waals surface area contributed by atoms with Crippen LogP contribution in [0.4, 0.5) is 0 Å². The largest absolute Gasteiger partial charge is 0.257 e. The summed E-state index contributed by atoms with van der Waals surface area (Å²) < 4.78 is 0. The molecular formula is C16H17N3. The zero-order chi connectivity index (χ0) is 14.0. The number of benzene rings is 1. The van der Waals surface area contributed by atoms with Gasteiger partial charge in [0.25, 0.3) is 0 Å². The minimum Gasteiger partial charge on any atom is -0.257 e. The van der Waals surface area contributed by atoms with Crippen molar-refractivity contribution in [2.45, 2.75) is 33.1 Å². The zero-order valence-electron chi connectivity index (χ0n) is 11.7. The lowest BCUT2D eigenvalue weighted by Gasteiger charge is -2.15. The molecule has 0 fully saturated rings. The summed E-state index contributed by atoms with van der Waals surface area (Å²) in [6, 6.07) is 10.3. The van der Waals surface area contributed by atoms with Crippen LogP contribution in [0, 0.1) is 25.2 Å². The number of rotatable bonds is 2. The van der Waals surface area contributed by atoms with Crippen molar-refractivity contribution in [1.82, 2.24) is 9.97 Å². The van der Waals surface area contributed by atoms with Gasteiger partial charge in [0.05, 0.1) is 34.8 Å². The van der Waals surface area contributed by atoms with Crippen LogP contribution in [0.25, 0.3) is 11.3 Å². The van der Waals surface area contributed by atoms with Gasteiger partial charge >= 0.3 is 0 Å². The van der Waals surface area contributed by atoms with E-state index in [1.807, 2.05) is 52.0 Å². The first-order valence-corrected chi connectivity index (χ1v) is 6.26. The van der Waals surface area contributed by atoms with Gasteiger partial charge in [-0.3, -0.25) is 4.98 Å². The summed E-state index contributed by atoms with van der Waals surface area (Å²) in [4.78, 5) is 8.86. The van der Waals surface area contributed by atoms with Gasteiger partial charge in [-0.2, -0.15) is 5.26 Å². The molecule has 1 heterocycles. The van der Waals surface area contributed by atoms with Gasteiger partial charge in [-0.15, -0.1) is 0 Å². The van der Waals surface area contributed by atoms with Gasteiger partial charge in [0, 0.05) is 5.56 Å². The molecule has 3 heteroatoms. The van der Waals surface area contributed by atoms with Gasteiger partial charge in [-0.05, 0) is 33.3 Å². The molecule has 0 bridgehead atoms. The van der Waals surface area contributed by atoms with E-state index in [4.69, 9.17) is 5.26 Å². The third-order valence-corrected chi connectivity index (χ3v) is 3.37. The molecule has 1 aromatic carbocycles. The highest BCUT2D eigenvalue weighted by atomic mass is 14.8. The Morgan fingerprint density at radius 1 is 1.05 bits per heavy atom. The lowest BCUT2D eigenvalue weighted by Crippen LogP contribution is -2.13. The maximum absolute atomic E-state index is 9.13. The van der Waals surface area contributed by atoms with Crippen LogP contribution in [0.5, 0.6) is 0 Å². The zero-order valence-corrected chi connectivity index (χ0v) is 11.7. The van der Waals surface area contributed by atoms with Crippen molar-refractivity contribution in [3.63, 3.8) is 0 Å². The molecule has 0 aliphatic carbocycles. The topological polar surface area (TPSA) is 49.6 Å². The summed E-state index contributed by atoms with van der Waals surface area (Å²) in [6.45, 7) is 7.74. The van der Waals surface area contributed by atoms with Crippen molar-refractivity contribution in [3.05, 3.63) is 47.4 Å². The van der Waals surface area contributed by atoms with Crippen molar-refractivity contribution >= 4 is 0 Å². The fourth-order valence-electron chi connectivity index (χ4n) is 1.80. The Balaban J connectivity index is 2.38. The maximum Gasteiger partial charge on any atom is 0.0888 e. The predicted octanol–water partition coefficient (Wildman–Crippen LogP) is 3.56. The quantitative estimate of drug-likeness (QED) is 0.820. The normalized spacial score (nSPS) is 11.1. The van der Waals surface area contributed by atoms with Gasteiger partial charge in [0.1, 0.15) is 0 Å². The summed E-state index contributed by atoms with van der Waals surface area (Å²) in [6.07, 6.45) is 1.78. The molecule has 1 aromatic heterocycles. The van der Waals surface area contributed by atoms with Gasteiger partial charge in [0.15, 0.2) is 0 Å². The van der Waals surface area contributed by atoms with Gasteiger partial charge < -0.3 is 0 Å². The summed E-state index contributed by atoms with van der Waals surface area (Å²) in [5.41, 5.74) is 4.32. The van der Waals surface area contributed by atoms with Crippen LogP contribution in [-0.2, 0) is 5.41 Å². The molecule has 2 aromatic rings. The first kappa shape index (κ1) is 13.2. The summed E-state index contributed by atoms with van der Waals surface area (Å²) in [7, 11) is 0. The molecule has 19 heavy (non-hydrogen) atoms. The van der Waals surface area contributed by atoms with E-state index in [0.717, 1.165) is 28.2 Å². The molecule has 0 aliphatic rings. The molecule has 0 spiro atoms. The standard InChI is InChI=1S/C16H17N3/c1-11-12(2)19-15(9-18-11)13-5-7-14(8-6-13)16(3,4)10-17/h5-9H,1-4H3. The number of hydrogen-bond donors (Lipinski definition) is 0. The average molecular weight is 251 g/mol. The predicted molar refractivity (Wildman–Crippen MR) is 75.6 cm³/mol. The fraction of sp³-hybridized carbons (Fsp3) is 0.312. The molecule has 0 aliphatic heterocycles. The third-order valence-electron chi connectivity index (χ3n) is 3.37. The first-order valence-electron chi connectivity index (χ1n) is 6.26. The molecule has 0 saturated carbocycles. The fourth-order valence-corrected chi connectivity index (χ4v) is 1.80. The van der Waals surface area contributed by atoms with E-state index >= 15 is 0 Å². The van der Waals surface area contributed by atoms with Crippen LogP contribution in [0.3, 0.4) is 0 Å². The Hall–Kier alpha value is -2.21. The number of aromatic nitrogens is 2. The van der Waals surface area contributed by atoms with Gasteiger partial charge in [0.2, 0.25) is 0 Å². The van der Waals surface area contributed by atoms with Crippen molar-refractivity contribution < 1.29 is 0 Å². The number of aryl methyl sites for hydroxylation is 2. The van der Waals surface area contributed by atoms with Crippen molar-refractivity contribution in [1.29, 1.82) is 5.26 Å². The van der Waals surface area contributed by atoms with E-state index in [0.29, 0.717) is 0 Å². The monoisotopic (exact) mass is 251 g/mol. The molecule has 2 rings (SSSR count). The van der Waals surface area contributed by atoms with E-state index < -0.39 is 5.41 Å². The van der Waals surface area contributed by atoms with E-state index in [2.05, 4.69) is 16.0 Å². The number of nitrogens with zero attached hydrogens (tertiary/aromatic N) is 3. The first-order chi connectivity index (χ1) is 8.94. The Bertz CT molecular complexity index is 634. The second-order valence-corrected chi connectivity index (χ2v) is 5.24. The molecular weight excluding hydrogens is 234 g/mol. The number of nitriles is 1. The van der Waals surface area contributed by atoms with Crippen molar-refractivity contribution in [2.24, 2.45) is 0 Å². The second-order valence-electron chi connectivity index (χ2n) is 5.24.